The summed E-state index contributed by atoms with van der Waals surface area (Å²) in [5, 5.41) is 6.55. The average Bonchev–Trinajstić information content (AvgIpc) is 2.76. The number of likely N-dealkylation sites (N-methyl/N-ethyl adjacent to an activating group) is 1. The second kappa shape index (κ2) is 5.72. The molecule has 1 atom stereocenters. The van der Waals surface area contributed by atoms with Gasteiger partial charge in [-0.05, 0) is 38.2 Å². The van der Waals surface area contributed by atoms with Crippen LogP contribution in [0.25, 0.3) is 0 Å². The van der Waals surface area contributed by atoms with E-state index in [4.69, 9.17) is 11.6 Å². The van der Waals surface area contributed by atoms with E-state index in [9.17, 15) is 4.79 Å². The van der Waals surface area contributed by atoms with E-state index in [0.29, 0.717) is 5.02 Å². The van der Waals surface area contributed by atoms with Crippen LogP contribution in [-0.2, 0) is 4.79 Å². The van der Waals surface area contributed by atoms with Gasteiger partial charge >= 0.3 is 0 Å². The first-order chi connectivity index (χ1) is 10.1. The molecular weight excluding hydrogens is 304 g/mol. The summed E-state index contributed by atoms with van der Waals surface area (Å²) >= 11 is 7.97. The number of fused-ring (bicyclic) bond motifs is 1. The van der Waals surface area contributed by atoms with Crippen molar-refractivity contribution in [2.24, 2.45) is 0 Å². The lowest BCUT2D eigenvalue weighted by atomic mass is 10.1. The Balaban J connectivity index is 1.93. The van der Waals surface area contributed by atoms with Crippen molar-refractivity contribution >= 4 is 35.0 Å². The predicted molar refractivity (Wildman–Crippen MR) is 87.2 cm³/mol. The Morgan fingerprint density at radius 2 is 1.95 bits per heavy atom. The molecule has 5 heteroatoms. The fourth-order valence-electron chi connectivity index (χ4n) is 2.36. The van der Waals surface area contributed by atoms with Gasteiger partial charge in [-0.2, -0.15) is 0 Å². The largest absolute Gasteiger partial charge is 0.324 e. The topological polar surface area (TPSA) is 41.1 Å². The Morgan fingerprint density at radius 3 is 2.62 bits per heavy atom. The van der Waals surface area contributed by atoms with Gasteiger partial charge in [0.1, 0.15) is 6.04 Å². The van der Waals surface area contributed by atoms with Crippen LogP contribution >= 0.6 is 23.4 Å². The van der Waals surface area contributed by atoms with E-state index < -0.39 is 0 Å². The number of rotatable bonds is 3. The van der Waals surface area contributed by atoms with Gasteiger partial charge in [0.2, 0.25) is 5.91 Å². The van der Waals surface area contributed by atoms with Gasteiger partial charge in [0.05, 0.1) is 5.02 Å². The van der Waals surface area contributed by atoms with E-state index in [2.05, 4.69) is 41.8 Å². The van der Waals surface area contributed by atoms with Crippen LogP contribution in [-0.4, -0.2) is 13.0 Å². The second-order valence-electron chi connectivity index (χ2n) is 5.00. The van der Waals surface area contributed by atoms with E-state index in [1.54, 1.807) is 18.8 Å². The van der Waals surface area contributed by atoms with E-state index in [1.165, 1.54) is 5.56 Å². The van der Waals surface area contributed by atoms with Crippen LogP contribution in [0.2, 0.25) is 5.02 Å². The number of benzene rings is 2. The molecule has 2 aromatic rings. The minimum Gasteiger partial charge on any atom is -0.324 e. The number of amides is 1. The van der Waals surface area contributed by atoms with Crippen LogP contribution in [0.5, 0.6) is 0 Å². The lowest BCUT2D eigenvalue weighted by molar-refractivity contribution is -0.117. The molecule has 1 unspecified atom stereocenters. The molecule has 0 aromatic heterocycles. The summed E-state index contributed by atoms with van der Waals surface area (Å²) in [4.78, 5) is 13.9. The van der Waals surface area contributed by atoms with Gasteiger partial charge in [-0.3, -0.25) is 4.79 Å². The third kappa shape index (κ3) is 2.79. The molecule has 1 amide bonds. The molecule has 1 heterocycles. The van der Waals surface area contributed by atoms with Gasteiger partial charge in [-0.15, -0.1) is 0 Å². The van der Waals surface area contributed by atoms with Crippen LogP contribution < -0.4 is 10.6 Å². The standard InChI is InChI=1S/C16H15ClN2OS/c1-9-3-5-10(6-4-9)21-14-8-13-11(7-12(14)17)15(18-2)16(20)19-13/h3-8,15,18H,1-2H3,(H,19,20). The molecule has 0 spiro atoms. The smallest absolute Gasteiger partial charge is 0.246 e. The summed E-state index contributed by atoms with van der Waals surface area (Å²) in [5.74, 6) is -0.0407. The lowest BCUT2D eigenvalue weighted by Gasteiger charge is -2.10. The van der Waals surface area contributed by atoms with Crippen molar-refractivity contribution in [2.75, 3.05) is 12.4 Å². The first kappa shape index (κ1) is 14.4. The molecule has 0 saturated carbocycles. The summed E-state index contributed by atoms with van der Waals surface area (Å²) in [7, 11) is 1.77. The zero-order valence-corrected chi connectivity index (χ0v) is 13.3. The van der Waals surface area contributed by atoms with Gasteiger partial charge < -0.3 is 10.6 Å². The van der Waals surface area contributed by atoms with Crippen LogP contribution in [0.1, 0.15) is 17.2 Å². The zero-order chi connectivity index (χ0) is 15.0. The number of carbonyl (C=O) groups is 1. The summed E-state index contributed by atoms with van der Waals surface area (Å²) in [6.07, 6.45) is 0. The summed E-state index contributed by atoms with van der Waals surface area (Å²) in [6, 6.07) is 11.8. The van der Waals surface area contributed by atoms with Crippen molar-refractivity contribution in [1.29, 1.82) is 0 Å². The lowest BCUT2D eigenvalue weighted by Crippen LogP contribution is -2.23. The Labute approximate surface area is 133 Å². The molecule has 2 aromatic carbocycles. The molecule has 0 radical (unpaired) electrons. The summed E-state index contributed by atoms with van der Waals surface area (Å²) in [6.45, 7) is 2.06. The number of anilines is 1. The van der Waals surface area contributed by atoms with Crippen molar-refractivity contribution < 1.29 is 4.79 Å². The molecule has 0 bridgehead atoms. The van der Waals surface area contributed by atoms with E-state index in [1.807, 2.05) is 12.1 Å². The molecule has 0 aliphatic carbocycles. The van der Waals surface area contributed by atoms with Crippen LogP contribution in [0.15, 0.2) is 46.2 Å². The number of carbonyl (C=O) groups excluding carboxylic acids is 1. The number of aryl methyl sites for hydroxylation is 1. The Hall–Kier alpha value is -1.49. The highest BCUT2D eigenvalue weighted by molar-refractivity contribution is 7.99. The molecule has 0 saturated heterocycles. The quantitative estimate of drug-likeness (QED) is 0.898. The molecule has 1 aliphatic heterocycles. The number of nitrogens with one attached hydrogen (secondary N) is 2. The maximum Gasteiger partial charge on any atom is 0.246 e. The Bertz CT molecular complexity index is 700. The Kier molecular flexibility index (Phi) is 3.93. The first-order valence-electron chi connectivity index (χ1n) is 6.64. The van der Waals surface area contributed by atoms with Crippen LogP contribution in [0.4, 0.5) is 5.69 Å². The third-order valence-corrected chi connectivity index (χ3v) is 4.96. The molecule has 3 rings (SSSR count). The monoisotopic (exact) mass is 318 g/mol. The van der Waals surface area contributed by atoms with E-state index in [0.717, 1.165) is 21.0 Å². The van der Waals surface area contributed by atoms with Gasteiger partial charge in [0.25, 0.3) is 0 Å². The van der Waals surface area contributed by atoms with Crippen molar-refractivity contribution in [3.8, 4) is 0 Å². The highest BCUT2D eigenvalue weighted by Gasteiger charge is 2.30. The van der Waals surface area contributed by atoms with Crippen molar-refractivity contribution in [3.63, 3.8) is 0 Å². The average molecular weight is 319 g/mol. The van der Waals surface area contributed by atoms with Gasteiger partial charge in [0.15, 0.2) is 0 Å². The highest BCUT2D eigenvalue weighted by Crippen LogP contribution is 2.41. The third-order valence-electron chi connectivity index (χ3n) is 3.47. The Morgan fingerprint density at radius 1 is 1.24 bits per heavy atom. The molecular formula is C16H15ClN2OS. The predicted octanol–water partition coefficient (Wildman–Crippen LogP) is 4.01. The maximum absolute atomic E-state index is 11.9. The van der Waals surface area contributed by atoms with Gasteiger partial charge in [-0.1, -0.05) is 41.1 Å². The molecule has 108 valence electrons. The van der Waals surface area contributed by atoms with Crippen LogP contribution in [0.3, 0.4) is 0 Å². The fraction of sp³-hybridized carbons (Fsp3) is 0.188. The van der Waals surface area contributed by atoms with E-state index >= 15 is 0 Å². The van der Waals surface area contributed by atoms with Gasteiger partial charge in [-0.25, -0.2) is 0 Å². The molecule has 0 fully saturated rings. The number of halogens is 1. The minimum atomic E-state index is -0.323. The molecule has 3 nitrogen and oxygen atoms in total. The van der Waals surface area contributed by atoms with Crippen molar-refractivity contribution in [2.45, 2.75) is 22.8 Å². The summed E-state index contributed by atoms with van der Waals surface area (Å²) < 4.78 is 0. The number of hydrogen-bond acceptors (Lipinski definition) is 3. The first-order valence-corrected chi connectivity index (χ1v) is 7.84. The second-order valence-corrected chi connectivity index (χ2v) is 6.52. The van der Waals surface area contributed by atoms with Crippen LogP contribution in [0, 0.1) is 6.92 Å². The number of hydrogen-bond donors (Lipinski definition) is 2. The maximum atomic E-state index is 11.9. The van der Waals surface area contributed by atoms with Crippen molar-refractivity contribution in [3.05, 3.63) is 52.5 Å². The van der Waals surface area contributed by atoms with Gasteiger partial charge in [0, 0.05) is 21.0 Å². The molecule has 2 N–H and O–H groups in total. The highest BCUT2D eigenvalue weighted by atomic mass is 35.5. The molecule has 1 aliphatic rings. The zero-order valence-electron chi connectivity index (χ0n) is 11.7. The normalized spacial score (nSPS) is 16.7. The summed E-state index contributed by atoms with van der Waals surface area (Å²) in [5.41, 5.74) is 2.96. The fourth-order valence-corrected chi connectivity index (χ4v) is 3.51. The van der Waals surface area contributed by atoms with Crippen molar-refractivity contribution in [1.82, 2.24) is 5.32 Å². The SMILES string of the molecule is CNC1C(=O)Nc2cc(Sc3ccc(C)cc3)c(Cl)cc21. The minimum absolute atomic E-state index is 0.0407. The van der Waals surface area contributed by atoms with E-state index in [-0.39, 0.29) is 11.9 Å². The molecule has 21 heavy (non-hydrogen) atoms.